The smallest absolute Gasteiger partial charge is 0.0858 e. The van der Waals surface area contributed by atoms with Crippen LogP contribution in [0.5, 0.6) is 0 Å². The molecule has 0 spiro atoms. The molecule has 0 saturated heterocycles. The van der Waals surface area contributed by atoms with Crippen LogP contribution in [-0.4, -0.2) is 12.4 Å². The predicted molar refractivity (Wildman–Crippen MR) is 62.7 cm³/mol. The molecule has 2 N–H and O–H groups in total. The summed E-state index contributed by atoms with van der Waals surface area (Å²) in [7, 11) is 0. The summed E-state index contributed by atoms with van der Waals surface area (Å²) in [5.41, 5.74) is 9.47. The van der Waals surface area contributed by atoms with Crippen LogP contribution in [0.1, 0.15) is 17.5 Å². The van der Waals surface area contributed by atoms with Gasteiger partial charge in [0, 0.05) is 16.6 Å². The number of rotatable bonds is 1. The minimum atomic E-state index is 0.415. The van der Waals surface area contributed by atoms with Gasteiger partial charge in [0.1, 0.15) is 0 Å². The van der Waals surface area contributed by atoms with E-state index < -0.39 is 0 Å². The summed E-state index contributed by atoms with van der Waals surface area (Å²) in [6, 6.07) is 6.35. The van der Waals surface area contributed by atoms with Gasteiger partial charge in [0.15, 0.2) is 0 Å². The third-order valence-corrected chi connectivity index (χ3v) is 3.33. The molecule has 1 aromatic carbocycles. The number of nitrogens with zero attached hydrogens (tertiary/aromatic N) is 1. The SMILES string of the molecule is NCN=C1CCc2c(Br)cccc2C1. The van der Waals surface area contributed by atoms with Gasteiger partial charge in [-0.3, -0.25) is 4.99 Å². The van der Waals surface area contributed by atoms with Crippen molar-refractivity contribution in [1.82, 2.24) is 0 Å². The molecule has 74 valence electrons. The molecule has 2 rings (SSSR count). The third kappa shape index (κ3) is 1.88. The molecular weight excluding hydrogens is 240 g/mol. The molecule has 3 heteroatoms. The molecule has 1 aliphatic carbocycles. The number of halogens is 1. The maximum Gasteiger partial charge on any atom is 0.0858 e. The average Bonchev–Trinajstić information content (AvgIpc) is 2.18. The highest BCUT2D eigenvalue weighted by atomic mass is 79.9. The number of aliphatic imine (C=N–C) groups is 1. The monoisotopic (exact) mass is 252 g/mol. The van der Waals surface area contributed by atoms with Crippen LogP contribution in [0.2, 0.25) is 0 Å². The van der Waals surface area contributed by atoms with E-state index in [0.717, 1.165) is 19.3 Å². The molecule has 2 nitrogen and oxygen atoms in total. The molecule has 0 radical (unpaired) electrons. The number of fused-ring (bicyclic) bond motifs is 1. The van der Waals surface area contributed by atoms with Gasteiger partial charge in [0.25, 0.3) is 0 Å². The Morgan fingerprint density at radius 2 is 2.21 bits per heavy atom. The van der Waals surface area contributed by atoms with E-state index >= 15 is 0 Å². The van der Waals surface area contributed by atoms with Gasteiger partial charge in [-0.25, -0.2) is 0 Å². The zero-order valence-electron chi connectivity index (χ0n) is 7.96. The first-order valence-electron chi connectivity index (χ1n) is 4.80. The summed E-state index contributed by atoms with van der Waals surface area (Å²) in [6.45, 7) is 0.415. The van der Waals surface area contributed by atoms with Gasteiger partial charge >= 0.3 is 0 Å². The minimum Gasteiger partial charge on any atom is -0.312 e. The van der Waals surface area contributed by atoms with Gasteiger partial charge in [-0.2, -0.15) is 0 Å². The van der Waals surface area contributed by atoms with Crippen LogP contribution >= 0.6 is 15.9 Å². The van der Waals surface area contributed by atoms with Gasteiger partial charge in [0.2, 0.25) is 0 Å². The van der Waals surface area contributed by atoms with E-state index in [-0.39, 0.29) is 0 Å². The van der Waals surface area contributed by atoms with Crippen LogP contribution in [0, 0.1) is 0 Å². The largest absolute Gasteiger partial charge is 0.312 e. The second-order valence-electron chi connectivity index (χ2n) is 3.46. The Kier molecular flexibility index (Phi) is 2.99. The number of benzene rings is 1. The van der Waals surface area contributed by atoms with Crippen molar-refractivity contribution < 1.29 is 0 Å². The van der Waals surface area contributed by atoms with Crippen LogP contribution in [0.15, 0.2) is 27.7 Å². The Labute approximate surface area is 92.4 Å². The molecule has 0 heterocycles. The number of nitrogens with two attached hydrogens (primary N) is 1. The fourth-order valence-electron chi connectivity index (χ4n) is 1.89. The lowest BCUT2D eigenvalue weighted by molar-refractivity contribution is 0.917. The molecule has 0 atom stereocenters. The van der Waals surface area contributed by atoms with Crippen LogP contribution in [0.25, 0.3) is 0 Å². The van der Waals surface area contributed by atoms with Crippen LogP contribution < -0.4 is 5.73 Å². The zero-order valence-corrected chi connectivity index (χ0v) is 9.55. The van der Waals surface area contributed by atoms with Crippen molar-refractivity contribution in [2.75, 3.05) is 6.67 Å². The summed E-state index contributed by atoms with van der Waals surface area (Å²) in [6.07, 6.45) is 3.09. The van der Waals surface area contributed by atoms with Gasteiger partial charge in [-0.1, -0.05) is 28.1 Å². The summed E-state index contributed by atoms with van der Waals surface area (Å²) in [4.78, 5) is 4.29. The van der Waals surface area contributed by atoms with Crippen molar-refractivity contribution in [3.05, 3.63) is 33.8 Å². The zero-order chi connectivity index (χ0) is 9.97. The standard InChI is InChI=1S/C11H13BrN2/c12-11-3-1-2-8-6-9(14-7-13)4-5-10(8)11/h1-3H,4-7,13H2. The molecule has 0 bridgehead atoms. The van der Waals surface area contributed by atoms with Crippen LogP contribution in [-0.2, 0) is 12.8 Å². The molecule has 0 aliphatic heterocycles. The van der Waals surface area contributed by atoms with E-state index in [1.807, 2.05) is 0 Å². The first-order chi connectivity index (χ1) is 6.81. The highest BCUT2D eigenvalue weighted by Gasteiger charge is 2.15. The lowest BCUT2D eigenvalue weighted by Gasteiger charge is -2.18. The lowest BCUT2D eigenvalue weighted by Crippen LogP contribution is -2.15. The Morgan fingerprint density at radius 1 is 1.36 bits per heavy atom. The van der Waals surface area contributed by atoms with E-state index in [1.54, 1.807) is 0 Å². The van der Waals surface area contributed by atoms with Gasteiger partial charge in [-0.15, -0.1) is 0 Å². The third-order valence-electron chi connectivity index (χ3n) is 2.59. The van der Waals surface area contributed by atoms with Crippen LogP contribution in [0.4, 0.5) is 0 Å². The van der Waals surface area contributed by atoms with Crippen molar-refractivity contribution in [2.24, 2.45) is 10.7 Å². The maximum absolute atomic E-state index is 5.41. The second-order valence-corrected chi connectivity index (χ2v) is 4.32. The molecular formula is C11H13BrN2. The van der Waals surface area contributed by atoms with Crippen molar-refractivity contribution in [3.63, 3.8) is 0 Å². The van der Waals surface area contributed by atoms with Crippen LogP contribution in [0.3, 0.4) is 0 Å². The molecule has 0 aromatic heterocycles. The maximum atomic E-state index is 5.41. The molecule has 1 aromatic rings. The molecule has 0 unspecified atom stereocenters. The van der Waals surface area contributed by atoms with Crippen molar-refractivity contribution in [3.8, 4) is 0 Å². The first-order valence-corrected chi connectivity index (χ1v) is 5.59. The summed E-state index contributed by atoms with van der Waals surface area (Å²) in [5, 5.41) is 0. The fraction of sp³-hybridized carbons (Fsp3) is 0.364. The van der Waals surface area contributed by atoms with Crippen molar-refractivity contribution >= 4 is 21.6 Å². The highest BCUT2D eigenvalue weighted by molar-refractivity contribution is 9.10. The summed E-state index contributed by atoms with van der Waals surface area (Å²) < 4.78 is 1.22. The Morgan fingerprint density at radius 3 is 3.00 bits per heavy atom. The van der Waals surface area contributed by atoms with Crippen molar-refractivity contribution in [1.29, 1.82) is 0 Å². The number of hydrogen-bond acceptors (Lipinski definition) is 2. The van der Waals surface area contributed by atoms with E-state index in [1.165, 1.54) is 21.3 Å². The first kappa shape index (κ1) is 9.87. The normalized spacial score (nSPS) is 18.3. The predicted octanol–water partition coefficient (Wildman–Crippen LogP) is 2.30. The fourth-order valence-corrected chi connectivity index (χ4v) is 2.50. The van der Waals surface area contributed by atoms with Gasteiger partial charge in [0.05, 0.1) is 6.67 Å². The van der Waals surface area contributed by atoms with Gasteiger partial charge in [-0.05, 0) is 30.0 Å². The lowest BCUT2D eigenvalue weighted by atomic mass is 9.90. The highest BCUT2D eigenvalue weighted by Crippen LogP contribution is 2.26. The second kappa shape index (κ2) is 4.24. The Bertz CT molecular complexity index is 372. The molecule has 0 amide bonds. The molecule has 14 heavy (non-hydrogen) atoms. The minimum absolute atomic E-state index is 0.415. The average molecular weight is 253 g/mol. The molecule has 0 fully saturated rings. The molecule has 0 saturated carbocycles. The van der Waals surface area contributed by atoms with Crippen molar-refractivity contribution in [2.45, 2.75) is 19.3 Å². The Hall–Kier alpha value is -0.670. The van der Waals surface area contributed by atoms with E-state index in [0.29, 0.717) is 6.67 Å². The quantitative estimate of drug-likeness (QED) is 0.819. The molecule has 1 aliphatic rings. The number of hydrogen-bond donors (Lipinski definition) is 1. The Balaban J connectivity index is 2.31. The summed E-state index contributed by atoms with van der Waals surface area (Å²) >= 11 is 3.58. The topological polar surface area (TPSA) is 38.4 Å². The summed E-state index contributed by atoms with van der Waals surface area (Å²) in [5.74, 6) is 0. The van der Waals surface area contributed by atoms with E-state index in [4.69, 9.17) is 5.73 Å². The van der Waals surface area contributed by atoms with E-state index in [2.05, 4.69) is 39.1 Å². The van der Waals surface area contributed by atoms with E-state index in [9.17, 15) is 0 Å². The van der Waals surface area contributed by atoms with Gasteiger partial charge < -0.3 is 5.73 Å².